The zero-order chi connectivity index (χ0) is 12.8. The normalized spacial score (nSPS) is 12.0. The molecular formula is C13H20N2O2. The number of carbonyl (C=O) groups is 1. The number of benzene rings is 1. The number of rotatable bonds is 5. The Labute approximate surface area is 102 Å². The molecule has 0 heterocycles. The van der Waals surface area contributed by atoms with E-state index in [0.717, 1.165) is 12.0 Å². The van der Waals surface area contributed by atoms with E-state index in [0.29, 0.717) is 17.9 Å². The third-order valence-corrected chi connectivity index (χ3v) is 2.55. The second-order valence-corrected chi connectivity index (χ2v) is 4.09. The number of carbonyl (C=O) groups excluding carboxylic acids is 1. The van der Waals surface area contributed by atoms with Crippen molar-refractivity contribution >= 4 is 11.6 Å². The van der Waals surface area contributed by atoms with Crippen LogP contribution in [0.5, 0.6) is 5.75 Å². The highest BCUT2D eigenvalue weighted by atomic mass is 16.5. The molecule has 0 aromatic heterocycles. The van der Waals surface area contributed by atoms with E-state index >= 15 is 0 Å². The van der Waals surface area contributed by atoms with E-state index in [1.807, 2.05) is 32.0 Å². The lowest BCUT2D eigenvalue weighted by Gasteiger charge is -2.14. The molecule has 0 saturated carbocycles. The van der Waals surface area contributed by atoms with Crippen LogP contribution in [0.15, 0.2) is 18.2 Å². The van der Waals surface area contributed by atoms with Crippen LogP contribution in [-0.2, 0) is 4.79 Å². The molecule has 0 aliphatic rings. The Kier molecular flexibility index (Phi) is 4.97. The minimum Gasteiger partial charge on any atom is -0.495 e. The van der Waals surface area contributed by atoms with Gasteiger partial charge in [-0.05, 0) is 31.0 Å². The molecular weight excluding hydrogens is 216 g/mol. The van der Waals surface area contributed by atoms with Crippen molar-refractivity contribution in [1.82, 2.24) is 0 Å². The van der Waals surface area contributed by atoms with E-state index < -0.39 is 6.04 Å². The summed E-state index contributed by atoms with van der Waals surface area (Å²) in [7, 11) is 1.58. The van der Waals surface area contributed by atoms with Gasteiger partial charge in [-0.25, -0.2) is 0 Å². The van der Waals surface area contributed by atoms with Gasteiger partial charge >= 0.3 is 0 Å². The lowest BCUT2D eigenvalue weighted by Crippen LogP contribution is -2.35. The highest BCUT2D eigenvalue weighted by Crippen LogP contribution is 2.25. The van der Waals surface area contributed by atoms with Crippen LogP contribution in [-0.4, -0.2) is 19.1 Å². The first-order chi connectivity index (χ1) is 8.08. The first-order valence-electron chi connectivity index (χ1n) is 5.79. The Balaban J connectivity index is 2.79. The summed E-state index contributed by atoms with van der Waals surface area (Å²) in [5.74, 6) is 0.475. The van der Waals surface area contributed by atoms with Gasteiger partial charge in [0, 0.05) is 0 Å². The Morgan fingerprint density at radius 1 is 1.53 bits per heavy atom. The van der Waals surface area contributed by atoms with E-state index in [1.165, 1.54) is 0 Å². The van der Waals surface area contributed by atoms with E-state index in [4.69, 9.17) is 10.5 Å². The van der Waals surface area contributed by atoms with Crippen LogP contribution in [0.2, 0.25) is 0 Å². The van der Waals surface area contributed by atoms with Gasteiger partial charge in [0.05, 0.1) is 18.8 Å². The van der Waals surface area contributed by atoms with Gasteiger partial charge in [0.25, 0.3) is 0 Å². The second kappa shape index (κ2) is 6.25. The van der Waals surface area contributed by atoms with Gasteiger partial charge in [-0.3, -0.25) is 4.79 Å². The smallest absolute Gasteiger partial charge is 0.241 e. The quantitative estimate of drug-likeness (QED) is 0.822. The number of anilines is 1. The van der Waals surface area contributed by atoms with Crippen LogP contribution in [0, 0.1) is 6.92 Å². The summed E-state index contributed by atoms with van der Waals surface area (Å²) in [6.07, 6.45) is 1.57. The highest BCUT2D eigenvalue weighted by molar-refractivity contribution is 5.96. The fourth-order valence-corrected chi connectivity index (χ4v) is 1.59. The molecule has 17 heavy (non-hydrogen) atoms. The van der Waals surface area contributed by atoms with Crippen LogP contribution in [0.25, 0.3) is 0 Å². The van der Waals surface area contributed by atoms with Crippen molar-refractivity contribution in [3.63, 3.8) is 0 Å². The third kappa shape index (κ3) is 3.75. The van der Waals surface area contributed by atoms with Gasteiger partial charge in [-0.1, -0.05) is 19.4 Å². The molecule has 0 radical (unpaired) electrons. The molecule has 0 aliphatic heterocycles. The number of nitrogens with two attached hydrogens (primary N) is 1. The highest BCUT2D eigenvalue weighted by Gasteiger charge is 2.14. The van der Waals surface area contributed by atoms with Crippen molar-refractivity contribution in [2.24, 2.45) is 5.73 Å². The Bertz CT molecular complexity index is 391. The Morgan fingerprint density at radius 2 is 2.24 bits per heavy atom. The molecule has 1 rings (SSSR count). The maximum absolute atomic E-state index is 11.8. The summed E-state index contributed by atoms with van der Waals surface area (Å²) in [4.78, 5) is 11.8. The third-order valence-electron chi connectivity index (χ3n) is 2.55. The van der Waals surface area contributed by atoms with Crippen LogP contribution in [0.4, 0.5) is 5.69 Å². The van der Waals surface area contributed by atoms with Crippen molar-refractivity contribution in [3.05, 3.63) is 23.8 Å². The summed E-state index contributed by atoms with van der Waals surface area (Å²) in [5.41, 5.74) is 7.48. The second-order valence-electron chi connectivity index (χ2n) is 4.09. The predicted octanol–water partition coefficient (Wildman–Crippen LogP) is 2.07. The van der Waals surface area contributed by atoms with E-state index in [1.54, 1.807) is 7.11 Å². The Hall–Kier alpha value is -1.55. The van der Waals surface area contributed by atoms with Crippen LogP contribution in [0.1, 0.15) is 25.3 Å². The molecule has 1 aromatic carbocycles. The van der Waals surface area contributed by atoms with Crippen molar-refractivity contribution < 1.29 is 9.53 Å². The van der Waals surface area contributed by atoms with Gasteiger partial charge in [0.15, 0.2) is 0 Å². The minimum absolute atomic E-state index is 0.171. The summed E-state index contributed by atoms with van der Waals surface area (Å²) in [6.45, 7) is 3.96. The lowest BCUT2D eigenvalue weighted by atomic mass is 10.1. The van der Waals surface area contributed by atoms with Crippen molar-refractivity contribution in [2.45, 2.75) is 32.7 Å². The van der Waals surface area contributed by atoms with E-state index in [2.05, 4.69) is 5.32 Å². The monoisotopic (exact) mass is 236 g/mol. The number of aryl methyl sites for hydroxylation is 1. The molecule has 1 amide bonds. The predicted molar refractivity (Wildman–Crippen MR) is 69.2 cm³/mol. The molecule has 1 atom stereocenters. The average molecular weight is 236 g/mol. The van der Waals surface area contributed by atoms with Gasteiger partial charge in [0.1, 0.15) is 5.75 Å². The first-order valence-corrected chi connectivity index (χ1v) is 5.79. The van der Waals surface area contributed by atoms with E-state index in [9.17, 15) is 4.79 Å². The topological polar surface area (TPSA) is 64.4 Å². The maximum atomic E-state index is 11.8. The van der Waals surface area contributed by atoms with Crippen LogP contribution in [0.3, 0.4) is 0 Å². The lowest BCUT2D eigenvalue weighted by molar-refractivity contribution is -0.117. The fraction of sp³-hybridized carbons (Fsp3) is 0.462. The maximum Gasteiger partial charge on any atom is 0.241 e. The first kappa shape index (κ1) is 13.5. The molecule has 4 nitrogen and oxygen atoms in total. The molecule has 3 N–H and O–H groups in total. The van der Waals surface area contributed by atoms with Gasteiger partial charge in [-0.15, -0.1) is 0 Å². The summed E-state index contributed by atoms with van der Waals surface area (Å²) in [5, 5.41) is 2.80. The number of nitrogens with one attached hydrogen (secondary N) is 1. The zero-order valence-corrected chi connectivity index (χ0v) is 10.6. The molecule has 0 saturated heterocycles. The number of methoxy groups -OCH3 is 1. The Morgan fingerprint density at radius 3 is 2.82 bits per heavy atom. The molecule has 0 spiro atoms. The van der Waals surface area contributed by atoms with Gasteiger partial charge in [0.2, 0.25) is 5.91 Å². The SMILES string of the molecule is CCC[C@@H](N)C(=O)Nc1cc(C)ccc1OC. The minimum atomic E-state index is -0.467. The largest absolute Gasteiger partial charge is 0.495 e. The molecule has 0 bridgehead atoms. The number of amides is 1. The fourth-order valence-electron chi connectivity index (χ4n) is 1.59. The molecule has 4 heteroatoms. The molecule has 0 unspecified atom stereocenters. The summed E-state index contributed by atoms with van der Waals surface area (Å²) >= 11 is 0. The number of ether oxygens (including phenoxy) is 1. The molecule has 1 aromatic rings. The number of hydrogen-bond donors (Lipinski definition) is 2. The summed E-state index contributed by atoms with van der Waals surface area (Å²) < 4.78 is 5.19. The molecule has 0 fully saturated rings. The van der Waals surface area contributed by atoms with Crippen molar-refractivity contribution in [2.75, 3.05) is 12.4 Å². The van der Waals surface area contributed by atoms with Crippen LogP contribution < -0.4 is 15.8 Å². The number of hydrogen-bond acceptors (Lipinski definition) is 3. The molecule has 0 aliphatic carbocycles. The zero-order valence-electron chi connectivity index (χ0n) is 10.6. The van der Waals surface area contributed by atoms with E-state index in [-0.39, 0.29) is 5.91 Å². The van der Waals surface area contributed by atoms with Gasteiger partial charge in [-0.2, -0.15) is 0 Å². The van der Waals surface area contributed by atoms with Crippen LogP contribution >= 0.6 is 0 Å². The van der Waals surface area contributed by atoms with Gasteiger partial charge < -0.3 is 15.8 Å². The standard InChI is InChI=1S/C13H20N2O2/c1-4-5-10(14)13(16)15-11-8-9(2)6-7-12(11)17-3/h6-8,10H,4-5,14H2,1-3H3,(H,15,16)/t10-/m1/s1. The average Bonchev–Trinajstić information content (AvgIpc) is 2.29. The summed E-state index contributed by atoms with van der Waals surface area (Å²) in [6, 6.07) is 5.16. The van der Waals surface area contributed by atoms with Crippen molar-refractivity contribution in [1.29, 1.82) is 0 Å². The van der Waals surface area contributed by atoms with Crippen molar-refractivity contribution in [3.8, 4) is 5.75 Å². The molecule has 94 valence electrons.